The van der Waals surface area contributed by atoms with Gasteiger partial charge in [-0.2, -0.15) is 5.10 Å². The van der Waals surface area contributed by atoms with Crippen LogP contribution in [0.3, 0.4) is 0 Å². The number of likely N-dealkylation sites (tertiary alicyclic amines) is 1. The number of carbonyl (C=O) groups is 1. The number of nitrogens with one attached hydrogen (secondary N) is 1. The summed E-state index contributed by atoms with van der Waals surface area (Å²) in [6.07, 6.45) is 5.57. The number of aryl methyl sites for hydroxylation is 1. The van der Waals surface area contributed by atoms with Crippen molar-refractivity contribution in [1.82, 2.24) is 19.4 Å². The van der Waals surface area contributed by atoms with E-state index < -0.39 is 10.0 Å². The van der Waals surface area contributed by atoms with Crippen LogP contribution in [0.2, 0.25) is 0 Å². The monoisotopic (exact) mass is 348 g/mol. The van der Waals surface area contributed by atoms with E-state index in [2.05, 4.69) is 9.82 Å². The van der Waals surface area contributed by atoms with Crippen LogP contribution in [0.5, 0.6) is 0 Å². The van der Waals surface area contributed by atoms with Gasteiger partial charge in [0.15, 0.2) is 0 Å². The third-order valence-corrected chi connectivity index (χ3v) is 5.73. The highest BCUT2D eigenvalue weighted by Crippen LogP contribution is 2.32. The molecule has 1 saturated heterocycles. The van der Waals surface area contributed by atoms with Crippen LogP contribution in [0.1, 0.15) is 34.8 Å². The van der Waals surface area contributed by atoms with Crippen molar-refractivity contribution in [3.8, 4) is 0 Å². The zero-order chi connectivity index (χ0) is 17.3. The Labute approximate surface area is 141 Å². The third-order valence-electron chi connectivity index (χ3n) is 4.30. The zero-order valence-corrected chi connectivity index (χ0v) is 14.5. The molecule has 0 radical (unpaired) electrons. The van der Waals surface area contributed by atoms with Crippen LogP contribution in [-0.2, 0) is 17.1 Å². The minimum atomic E-state index is -3.50. The smallest absolute Gasteiger partial charge is 0.254 e. The van der Waals surface area contributed by atoms with E-state index in [9.17, 15) is 13.2 Å². The molecule has 8 heteroatoms. The Bertz CT molecular complexity index is 842. The van der Waals surface area contributed by atoms with Gasteiger partial charge in [0.05, 0.1) is 17.1 Å². The van der Waals surface area contributed by atoms with Crippen LogP contribution < -0.4 is 4.72 Å². The number of benzene rings is 1. The molecule has 1 aromatic heterocycles. The number of carbonyl (C=O) groups excluding carboxylic acids is 1. The van der Waals surface area contributed by atoms with Gasteiger partial charge in [0.2, 0.25) is 10.0 Å². The first-order chi connectivity index (χ1) is 11.4. The molecule has 1 aliphatic rings. The second-order valence-corrected chi connectivity index (χ2v) is 7.72. The molecule has 1 atom stereocenters. The fraction of sp³-hybridized carbons (Fsp3) is 0.375. The van der Waals surface area contributed by atoms with Crippen molar-refractivity contribution in [3.63, 3.8) is 0 Å². The molecule has 1 fully saturated rings. The Hall–Kier alpha value is -2.19. The third kappa shape index (κ3) is 3.07. The lowest BCUT2D eigenvalue weighted by Gasteiger charge is -2.24. The number of hydrogen-bond donors (Lipinski definition) is 1. The van der Waals surface area contributed by atoms with Gasteiger partial charge < -0.3 is 4.90 Å². The van der Waals surface area contributed by atoms with Crippen LogP contribution in [0.25, 0.3) is 0 Å². The zero-order valence-electron chi connectivity index (χ0n) is 13.6. The molecular formula is C16H20N4O3S. The van der Waals surface area contributed by atoms with Crippen LogP contribution >= 0.6 is 0 Å². The highest BCUT2D eigenvalue weighted by Gasteiger charge is 2.31. The minimum absolute atomic E-state index is 0.0203. The Morgan fingerprint density at radius 3 is 2.58 bits per heavy atom. The van der Waals surface area contributed by atoms with E-state index in [1.54, 1.807) is 23.0 Å². The number of hydrogen-bond acceptors (Lipinski definition) is 4. The van der Waals surface area contributed by atoms with Gasteiger partial charge >= 0.3 is 0 Å². The van der Waals surface area contributed by atoms with Crippen molar-refractivity contribution in [1.29, 1.82) is 0 Å². The summed E-state index contributed by atoms with van der Waals surface area (Å²) in [5.41, 5.74) is 1.51. The van der Waals surface area contributed by atoms with Gasteiger partial charge in [-0.15, -0.1) is 0 Å². The second-order valence-electron chi connectivity index (χ2n) is 5.84. The summed E-state index contributed by atoms with van der Waals surface area (Å²) < 4.78 is 27.5. The summed E-state index contributed by atoms with van der Waals surface area (Å²) in [6.45, 7) is 0.689. The Balaban J connectivity index is 1.83. The number of amides is 1. The number of sulfonamides is 1. The van der Waals surface area contributed by atoms with Gasteiger partial charge in [-0.1, -0.05) is 0 Å². The van der Waals surface area contributed by atoms with E-state index in [0.29, 0.717) is 12.1 Å². The lowest BCUT2D eigenvalue weighted by molar-refractivity contribution is 0.0735. The summed E-state index contributed by atoms with van der Waals surface area (Å²) >= 11 is 0. The first-order valence-corrected chi connectivity index (χ1v) is 9.24. The molecule has 2 heterocycles. The maximum Gasteiger partial charge on any atom is 0.254 e. The second kappa shape index (κ2) is 6.37. The molecular weight excluding hydrogens is 328 g/mol. The van der Waals surface area contributed by atoms with Crippen molar-refractivity contribution in [3.05, 3.63) is 47.8 Å². The molecule has 1 aromatic carbocycles. The first-order valence-electron chi connectivity index (χ1n) is 7.75. The predicted molar refractivity (Wildman–Crippen MR) is 88.9 cm³/mol. The molecule has 0 spiro atoms. The van der Waals surface area contributed by atoms with Gasteiger partial charge in [-0.3, -0.25) is 9.48 Å². The molecule has 3 rings (SSSR count). The minimum Gasteiger partial charge on any atom is -0.331 e. The highest BCUT2D eigenvalue weighted by molar-refractivity contribution is 7.89. The predicted octanol–water partition coefficient (Wildman–Crippen LogP) is 1.31. The topological polar surface area (TPSA) is 84.3 Å². The molecule has 7 nitrogen and oxygen atoms in total. The van der Waals surface area contributed by atoms with Crippen molar-refractivity contribution >= 4 is 15.9 Å². The van der Waals surface area contributed by atoms with Crippen molar-refractivity contribution in [2.45, 2.75) is 23.8 Å². The van der Waals surface area contributed by atoms with Crippen LogP contribution in [0.15, 0.2) is 41.6 Å². The molecule has 2 aromatic rings. The molecule has 1 amide bonds. The van der Waals surface area contributed by atoms with Gasteiger partial charge in [-0.25, -0.2) is 13.1 Å². The quantitative estimate of drug-likeness (QED) is 0.903. The van der Waals surface area contributed by atoms with Crippen molar-refractivity contribution < 1.29 is 13.2 Å². The van der Waals surface area contributed by atoms with Gasteiger partial charge in [0, 0.05) is 30.9 Å². The lowest BCUT2D eigenvalue weighted by atomic mass is 10.1. The Morgan fingerprint density at radius 2 is 2.00 bits per heavy atom. The fourth-order valence-electron chi connectivity index (χ4n) is 3.03. The van der Waals surface area contributed by atoms with E-state index in [-0.39, 0.29) is 16.8 Å². The Kier molecular flexibility index (Phi) is 4.42. The number of nitrogens with zero attached hydrogens (tertiary/aromatic N) is 3. The van der Waals surface area contributed by atoms with Crippen LogP contribution in [0.4, 0.5) is 0 Å². The summed E-state index contributed by atoms with van der Waals surface area (Å²) in [4.78, 5) is 14.8. The van der Waals surface area contributed by atoms with Crippen LogP contribution in [0, 0.1) is 0 Å². The maximum absolute atomic E-state index is 12.8. The van der Waals surface area contributed by atoms with Crippen molar-refractivity contribution in [2.75, 3.05) is 13.6 Å². The molecule has 1 N–H and O–H groups in total. The molecule has 0 bridgehead atoms. The highest BCUT2D eigenvalue weighted by atomic mass is 32.2. The molecule has 0 unspecified atom stereocenters. The van der Waals surface area contributed by atoms with Gasteiger partial charge in [0.25, 0.3) is 5.91 Å². The summed E-state index contributed by atoms with van der Waals surface area (Å²) in [5, 5.41) is 4.18. The maximum atomic E-state index is 12.8. The molecule has 24 heavy (non-hydrogen) atoms. The molecule has 1 aliphatic heterocycles. The normalized spacial score (nSPS) is 18.1. The standard InChI is InChI=1S/C16H20N4O3S/c1-17-24(22,23)14-7-5-12(6-8-14)16(21)20-9-3-4-15(20)13-10-18-19(2)11-13/h5-8,10-11,15,17H,3-4,9H2,1-2H3/t15-/m0/s1. The number of aromatic nitrogens is 2. The number of rotatable bonds is 4. The van der Waals surface area contributed by atoms with Gasteiger partial charge in [0.1, 0.15) is 0 Å². The Morgan fingerprint density at radius 1 is 1.29 bits per heavy atom. The molecule has 0 saturated carbocycles. The SMILES string of the molecule is CNS(=O)(=O)c1ccc(C(=O)N2CCC[C@H]2c2cnn(C)c2)cc1. The average molecular weight is 348 g/mol. The van der Waals surface area contributed by atoms with E-state index in [4.69, 9.17) is 0 Å². The van der Waals surface area contributed by atoms with E-state index in [1.165, 1.54) is 19.2 Å². The van der Waals surface area contributed by atoms with Crippen LogP contribution in [-0.4, -0.2) is 42.6 Å². The summed E-state index contributed by atoms with van der Waals surface area (Å²) in [7, 11) is -0.286. The molecule has 0 aliphatic carbocycles. The van der Waals surface area contributed by atoms with Gasteiger partial charge in [-0.05, 0) is 44.2 Å². The summed E-state index contributed by atoms with van der Waals surface area (Å²) in [5.74, 6) is -0.0882. The average Bonchev–Trinajstić information content (AvgIpc) is 3.23. The van der Waals surface area contributed by atoms with E-state index >= 15 is 0 Å². The van der Waals surface area contributed by atoms with Crippen molar-refractivity contribution in [2.24, 2.45) is 7.05 Å². The first kappa shape index (κ1) is 16.7. The largest absolute Gasteiger partial charge is 0.331 e. The fourth-order valence-corrected chi connectivity index (χ4v) is 3.76. The van der Waals surface area contributed by atoms with E-state index in [1.807, 2.05) is 18.1 Å². The van der Waals surface area contributed by atoms with E-state index in [0.717, 1.165) is 18.4 Å². The lowest BCUT2D eigenvalue weighted by Crippen LogP contribution is -2.30. The summed E-state index contributed by atoms with van der Waals surface area (Å²) in [6, 6.07) is 6.05. The molecule has 128 valence electrons.